The van der Waals surface area contributed by atoms with Gasteiger partial charge >= 0.3 is 6.23 Å². The van der Waals surface area contributed by atoms with Crippen molar-refractivity contribution in [3.63, 3.8) is 0 Å². The van der Waals surface area contributed by atoms with E-state index >= 15 is 8.78 Å². The van der Waals surface area contributed by atoms with Crippen LogP contribution in [0.2, 0.25) is 0 Å². The number of nitrogens with zero attached hydrogens (tertiary/aromatic N) is 5. The van der Waals surface area contributed by atoms with Crippen molar-refractivity contribution < 1.29 is 41.6 Å². The molecule has 10 nitrogen and oxygen atoms in total. The van der Waals surface area contributed by atoms with Crippen molar-refractivity contribution in [3.05, 3.63) is 47.7 Å². The summed E-state index contributed by atoms with van der Waals surface area (Å²) in [6, 6.07) is 3.25. The highest BCUT2D eigenvalue weighted by Crippen LogP contribution is 2.49. The van der Waals surface area contributed by atoms with Crippen LogP contribution in [0, 0.1) is 23.4 Å². The SMILES string of the molecule is Nc1cc(-c2ncc3c(N4CCOCC5CC54)nc(C45CCCN4CC(F)C5)nc3c2F)c2c(OC(O)(O)F)c(F)c(F)cc2c1. The number of halogens is 5. The number of rotatable bonds is 5. The summed E-state index contributed by atoms with van der Waals surface area (Å²) in [5.74, 6) is -4.45. The van der Waals surface area contributed by atoms with Crippen molar-refractivity contribution in [2.75, 3.05) is 43.5 Å². The Morgan fingerprint density at radius 3 is 2.74 bits per heavy atom. The molecular weight excluding hydrogens is 615 g/mol. The van der Waals surface area contributed by atoms with Crippen LogP contribution in [0.1, 0.15) is 31.5 Å². The van der Waals surface area contributed by atoms with Crippen LogP contribution in [-0.2, 0) is 10.3 Å². The van der Waals surface area contributed by atoms with E-state index in [1.807, 2.05) is 4.90 Å². The van der Waals surface area contributed by atoms with Gasteiger partial charge in [-0.25, -0.2) is 23.1 Å². The molecule has 4 unspecified atom stereocenters. The van der Waals surface area contributed by atoms with Crippen molar-refractivity contribution in [3.8, 4) is 17.0 Å². The molecule has 0 amide bonds. The van der Waals surface area contributed by atoms with E-state index in [1.54, 1.807) is 0 Å². The van der Waals surface area contributed by atoms with Gasteiger partial charge in [0.1, 0.15) is 23.2 Å². The van der Waals surface area contributed by atoms with E-state index in [-0.39, 0.29) is 58.3 Å². The maximum absolute atomic E-state index is 17.0. The number of anilines is 2. The summed E-state index contributed by atoms with van der Waals surface area (Å²) in [4.78, 5) is 18.1. The fourth-order valence-corrected chi connectivity index (χ4v) is 7.61. The van der Waals surface area contributed by atoms with Gasteiger partial charge < -0.3 is 30.3 Å². The number of fused-ring (bicyclic) bond motifs is 4. The molecule has 5 heterocycles. The van der Waals surface area contributed by atoms with E-state index in [0.29, 0.717) is 38.5 Å². The average Bonchev–Trinajstić information content (AvgIpc) is 3.58. The second-order valence-corrected chi connectivity index (χ2v) is 12.6. The largest absolute Gasteiger partial charge is 0.492 e. The Morgan fingerprint density at radius 1 is 1.11 bits per heavy atom. The maximum atomic E-state index is 17.0. The highest BCUT2D eigenvalue weighted by Gasteiger charge is 2.53. The van der Waals surface area contributed by atoms with Gasteiger partial charge in [0.25, 0.3) is 0 Å². The van der Waals surface area contributed by atoms with Gasteiger partial charge in [-0.15, -0.1) is 4.39 Å². The molecule has 2 aromatic carbocycles. The minimum Gasteiger partial charge on any atom is -0.409 e. The lowest BCUT2D eigenvalue weighted by Crippen LogP contribution is -2.38. The van der Waals surface area contributed by atoms with Gasteiger partial charge in [0.2, 0.25) is 5.82 Å². The molecule has 0 bridgehead atoms. The second kappa shape index (κ2) is 10.3. The molecule has 0 spiro atoms. The quantitative estimate of drug-likeness (QED) is 0.166. The van der Waals surface area contributed by atoms with Gasteiger partial charge in [-0.3, -0.25) is 9.88 Å². The Kier molecular flexibility index (Phi) is 6.59. The van der Waals surface area contributed by atoms with Gasteiger partial charge in [-0.05, 0) is 49.4 Å². The molecule has 4 fully saturated rings. The summed E-state index contributed by atoms with van der Waals surface area (Å²) in [5, 5.41) is 18.3. The molecular formula is C31H29F5N6O4. The summed E-state index contributed by atoms with van der Waals surface area (Å²) in [6.45, 7) is 2.38. The Labute approximate surface area is 258 Å². The number of nitrogen functional groups attached to an aromatic ring is 1. The predicted molar refractivity (Wildman–Crippen MR) is 156 cm³/mol. The van der Waals surface area contributed by atoms with Crippen molar-refractivity contribution in [2.24, 2.45) is 5.92 Å². The number of benzene rings is 2. The Hall–Kier alpha value is -3.92. The molecule has 1 aliphatic carbocycles. The number of hydrogen-bond acceptors (Lipinski definition) is 10. The fraction of sp³-hybridized carbons (Fsp3) is 0.452. The first kappa shape index (κ1) is 29.5. The molecule has 1 saturated carbocycles. The number of nitrogens with two attached hydrogens (primary N) is 1. The van der Waals surface area contributed by atoms with Gasteiger partial charge in [-0.2, -0.15) is 4.39 Å². The van der Waals surface area contributed by atoms with Crippen LogP contribution in [0.25, 0.3) is 32.9 Å². The molecule has 0 radical (unpaired) electrons. The molecule has 2 aromatic heterocycles. The normalized spacial score (nSPS) is 26.4. The molecule has 3 saturated heterocycles. The van der Waals surface area contributed by atoms with Crippen molar-refractivity contribution >= 4 is 33.2 Å². The topological polar surface area (TPSA) is 130 Å². The lowest BCUT2D eigenvalue weighted by atomic mass is 9.92. The zero-order chi connectivity index (χ0) is 32.1. The summed E-state index contributed by atoms with van der Waals surface area (Å²) in [5.41, 5.74) is 4.42. The van der Waals surface area contributed by atoms with Gasteiger partial charge in [0.15, 0.2) is 23.2 Å². The fourth-order valence-electron chi connectivity index (χ4n) is 7.61. The highest BCUT2D eigenvalue weighted by atomic mass is 19.2. The molecule has 15 heteroatoms. The molecule has 4 aromatic rings. The van der Waals surface area contributed by atoms with Crippen LogP contribution < -0.4 is 15.4 Å². The van der Waals surface area contributed by atoms with Crippen molar-refractivity contribution in [1.82, 2.24) is 19.9 Å². The first-order valence-corrected chi connectivity index (χ1v) is 15.1. The van der Waals surface area contributed by atoms with E-state index < -0.39 is 52.2 Å². The third kappa shape index (κ3) is 4.62. The lowest BCUT2D eigenvalue weighted by molar-refractivity contribution is -0.375. The van der Waals surface area contributed by atoms with Crippen LogP contribution in [0.4, 0.5) is 33.5 Å². The summed E-state index contributed by atoms with van der Waals surface area (Å²) in [6.07, 6.45) is -1.73. The molecule has 4 aliphatic rings. The van der Waals surface area contributed by atoms with E-state index in [0.717, 1.165) is 18.9 Å². The van der Waals surface area contributed by atoms with Gasteiger partial charge in [0.05, 0.1) is 24.1 Å². The number of aromatic nitrogens is 3. The zero-order valence-electron chi connectivity index (χ0n) is 24.3. The highest BCUT2D eigenvalue weighted by molar-refractivity contribution is 6.04. The number of pyridine rings is 1. The molecule has 4 N–H and O–H groups in total. The smallest absolute Gasteiger partial charge is 0.409 e. The Morgan fingerprint density at radius 2 is 1.93 bits per heavy atom. The Balaban J connectivity index is 1.39. The first-order valence-electron chi connectivity index (χ1n) is 15.1. The Bertz CT molecular complexity index is 1910. The van der Waals surface area contributed by atoms with Crippen molar-refractivity contribution in [1.29, 1.82) is 0 Å². The van der Waals surface area contributed by atoms with E-state index in [9.17, 15) is 23.4 Å². The van der Waals surface area contributed by atoms with Crippen LogP contribution >= 0.6 is 0 Å². The standard InChI is InChI=1S/C31H29F5N6O4/c32-16-10-30(2-1-3-41(30)12-16)29-39-26-19(28(40-29)42-4-5-45-13-15-8-21(15)42)11-38-25(24(26)35)18-9-17(37)6-14-7-20(33)23(34)27(22(14)18)46-31(36,43)44/h6-7,9,11,15-16,21,43-44H,1-5,8,10,12-13,37H2. The van der Waals surface area contributed by atoms with E-state index in [1.165, 1.54) is 18.3 Å². The zero-order valence-corrected chi connectivity index (χ0v) is 24.3. The minimum atomic E-state index is -4.40. The number of alkyl halides is 2. The van der Waals surface area contributed by atoms with Crippen LogP contribution in [0.5, 0.6) is 5.75 Å². The summed E-state index contributed by atoms with van der Waals surface area (Å²) < 4.78 is 85.4. The van der Waals surface area contributed by atoms with Gasteiger partial charge in [0, 0.05) is 54.3 Å². The van der Waals surface area contributed by atoms with E-state index in [2.05, 4.69) is 14.6 Å². The maximum Gasteiger partial charge on any atom is 0.492 e. The number of ether oxygens (including phenoxy) is 2. The minimum absolute atomic E-state index is 0.00546. The molecule has 242 valence electrons. The van der Waals surface area contributed by atoms with Crippen LogP contribution in [0.15, 0.2) is 24.4 Å². The summed E-state index contributed by atoms with van der Waals surface area (Å²) >= 11 is 0. The predicted octanol–water partition coefficient (Wildman–Crippen LogP) is 4.05. The van der Waals surface area contributed by atoms with Crippen LogP contribution in [-0.4, -0.2) is 81.4 Å². The lowest BCUT2D eigenvalue weighted by Gasteiger charge is -2.32. The molecule has 46 heavy (non-hydrogen) atoms. The molecule has 8 rings (SSSR count). The first-order chi connectivity index (χ1) is 21.9. The van der Waals surface area contributed by atoms with Crippen molar-refractivity contribution in [2.45, 2.75) is 49.7 Å². The second-order valence-electron chi connectivity index (χ2n) is 12.6. The monoisotopic (exact) mass is 644 g/mol. The number of aliphatic hydroxyl groups is 2. The third-order valence-corrected chi connectivity index (χ3v) is 9.64. The van der Waals surface area contributed by atoms with E-state index in [4.69, 9.17) is 20.4 Å². The van der Waals surface area contributed by atoms with Gasteiger partial charge in [-0.1, -0.05) is 0 Å². The third-order valence-electron chi connectivity index (χ3n) is 9.64. The summed E-state index contributed by atoms with van der Waals surface area (Å²) in [7, 11) is 0. The molecule has 3 aliphatic heterocycles. The molecule has 4 atom stereocenters. The number of hydrogen-bond donors (Lipinski definition) is 3. The van der Waals surface area contributed by atoms with Crippen LogP contribution in [0.3, 0.4) is 0 Å². The average molecular weight is 645 g/mol.